The second-order valence-electron chi connectivity index (χ2n) is 5.77. The predicted molar refractivity (Wildman–Crippen MR) is 99.4 cm³/mol. The van der Waals surface area contributed by atoms with Crippen molar-refractivity contribution in [3.63, 3.8) is 0 Å². The van der Waals surface area contributed by atoms with Gasteiger partial charge in [-0.05, 0) is 30.8 Å². The monoisotopic (exact) mass is 359 g/mol. The van der Waals surface area contributed by atoms with Gasteiger partial charge >= 0.3 is 0 Å². The van der Waals surface area contributed by atoms with Crippen molar-refractivity contribution < 1.29 is 14.3 Å². The van der Waals surface area contributed by atoms with Gasteiger partial charge in [0.15, 0.2) is 5.17 Å². The molecule has 0 atom stereocenters. The minimum absolute atomic E-state index is 0.0878. The van der Waals surface area contributed by atoms with Gasteiger partial charge < -0.3 is 14.5 Å². The highest BCUT2D eigenvalue weighted by molar-refractivity contribution is 8.18. The molecule has 0 spiro atoms. The van der Waals surface area contributed by atoms with Crippen LogP contribution >= 0.6 is 11.8 Å². The summed E-state index contributed by atoms with van der Waals surface area (Å²) in [7, 11) is 0. The zero-order valence-corrected chi connectivity index (χ0v) is 15.2. The van der Waals surface area contributed by atoms with Gasteiger partial charge in [0.25, 0.3) is 5.91 Å². The summed E-state index contributed by atoms with van der Waals surface area (Å²) < 4.78 is 5.61. The molecule has 7 heteroatoms. The van der Waals surface area contributed by atoms with Crippen LogP contribution in [0.15, 0.2) is 34.2 Å². The van der Waals surface area contributed by atoms with Gasteiger partial charge in [0.2, 0.25) is 5.91 Å². The van der Waals surface area contributed by atoms with Gasteiger partial charge in [-0.1, -0.05) is 18.2 Å². The van der Waals surface area contributed by atoms with Crippen molar-refractivity contribution in [2.45, 2.75) is 13.8 Å². The van der Waals surface area contributed by atoms with Crippen molar-refractivity contribution in [2.24, 2.45) is 4.99 Å². The SMILES string of the molecule is CCOc1ccccc1/C=C1/SC(N2CCN(C(C)=O)CC2)=NC1=O. The van der Waals surface area contributed by atoms with Gasteiger partial charge in [-0.25, -0.2) is 0 Å². The van der Waals surface area contributed by atoms with Crippen LogP contribution in [0.25, 0.3) is 6.08 Å². The van der Waals surface area contributed by atoms with E-state index in [1.807, 2.05) is 42.2 Å². The third kappa shape index (κ3) is 4.04. The Morgan fingerprint density at radius 2 is 2.00 bits per heavy atom. The maximum Gasteiger partial charge on any atom is 0.286 e. The fourth-order valence-electron chi connectivity index (χ4n) is 2.77. The summed E-state index contributed by atoms with van der Waals surface area (Å²) in [4.78, 5) is 32.3. The van der Waals surface area contributed by atoms with Gasteiger partial charge in [0.05, 0.1) is 11.5 Å². The first-order chi connectivity index (χ1) is 12.1. The Kier molecular flexibility index (Phi) is 5.43. The number of amides is 2. The summed E-state index contributed by atoms with van der Waals surface area (Å²) >= 11 is 1.39. The number of hydrogen-bond donors (Lipinski definition) is 0. The molecule has 2 aliphatic rings. The lowest BCUT2D eigenvalue weighted by molar-refractivity contribution is -0.130. The summed E-state index contributed by atoms with van der Waals surface area (Å²) in [5.41, 5.74) is 0.873. The highest BCUT2D eigenvalue weighted by Crippen LogP contribution is 2.32. The molecule has 0 bridgehead atoms. The van der Waals surface area contributed by atoms with Crippen LogP contribution in [0.5, 0.6) is 5.75 Å². The normalized spacial score (nSPS) is 19.4. The second kappa shape index (κ2) is 7.74. The van der Waals surface area contributed by atoms with E-state index >= 15 is 0 Å². The minimum atomic E-state index is -0.222. The fourth-order valence-corrected chi connectivity index (χ4v) is 3.73. The quantitative estimate of drug-likeness (QED) is 0.775. The Balaban J connectivity index is 1.70. The third-order valence-electron chi connectivity index (χ3n) is 4.11. The van der Waals surface area contributed by atoms with Gasteiger partial charge in [-0.15, -0.1) is 0 Å². The van der Waals surface area contributed by atoms with Crippen LogP contribution in [0.1, 0.15) is 19.4 Å². The van der Waals surface area contributed by atoms with E-state index in [1.54, 1.807) is 6.92 Å². The molecule has 0 saturated carbocycles. The molecule has 2 amide bonds. The van der Waals surface area contributed by atoms with Crippen molar-refractivity contribution in [3.8, 4) is 5.75 Å². The number of benzene rings is 1. The maximum atomic E-state index is 12.3. The average Bonchev–Trinajstić information content (AvgIpc) is 2.98. The van der Waals surface area contributed by atoms with Crippen LogP contribution in [-0.2, 0) is 9.59 Å². The van der Waals surface area contributed by atoms with Crippen LogP contribution in [0, 0.1) is 0 Å². The standard InChI is InChI=1S/C18H21N3O3S/c1-3-24-15-7-5-4-6-14(15)12-16-17(23)19-18(25-16)21-10-8-20(9-11-21)13(2)22/h4-7,12H,3,8-11H2,1-2H3/b16-12+. The van der Waals surface area contributed by atoms with Crippen molar-refractivity contribution in [2.75, 3.05) is 32.8 Å². The molecule has 1 aromatic carbocycles. The zero-order valence-electron chi connectivity index (χ0n) is 14.4. The molecule has 2 heterocycles. The predicted octanol–water partition coefficient (Wildman–Crippen LogP) is 2.22. The number of thioether (sulfide) groups is 1. The number of ether oxygens (including phenoxy) is 1. The first-order valence-electron chi connectivity index (χ1n) is 8.33. The molecule has 25 heavy (non-hydrogen) atoms. The number of carbonyl (C=O) groups is 2. The maximum absolute atomic E-state index is 12.3. The molecule has 6 nitrogen and oxygen atoms in total. The number of rotatable bonds is 3. The summed E-state index contributed by atoms with van der Waals surface area (Å²) in [6, 6.07) is 7.65. The van der Waals surface area contributed by atoms with Crippen LogP contribution in [-0.4, -0.2) is 59.6 Å². The number of carbonyl (C=O) groups excluding carboxylic acids is 2. The lowest BCUT2D eigenvalue weighted by atomic mass is 10.2. The molecule has 0 unspecified atom stereocenters. The van der Waals surface area contributed by atoms with Crippen LogP contribution in [0.4, 0.5) is 0 Å². The smallest absolute Gasteiger partial charge is 0.286 e. The highest BCUT2D eigenvalue weighted by Gasteiger charge is 2.29. The van der Waals surface area contributed by atoms with Crippen molar-refractivity contribution in [1.29, 1.82) is 0 Å². The molecular weight excluding hydrogens is 338 g/mol. The Morgan fingerprint density at radius 1 is 1.28 bits per heavy atom. The molecule has 2 aliphatic heterocycles. The van der Waals surface area contributed by atoms with Gasteiger partial charge in [0, 0.05) is 38.7 Å². The van der Waals surface area contributed by atoms with E-state index < -0.39 is 0 Å². The number of para-hydroxylation sites is 1. The molecular formula is C18H21N3O3S. The molecule has 1 saturated heterocycles. The van der Waals surface area contributed by atoms with Gasteiger partial charge in [0.1, 0.15) is 5.75 Å². The first-order valence-corrected chi connectivity index (χ1v) is 9.15. The Morgan fingerprint density at radius 3 is 2.68 bits per heavy atom. The van der Waals surface area contributed by atoms with Gasteiger partial charge in [-0.3, -0.25) is 9.59 Å². The average molecular weight is 359 g/mol. The number of nitrogens with zero attached hydrogens (tertiary/aromatic N) is 3. The number of hydrogen-bond acceptors (Lipinski definition) is 5. The molecule has 3 rings (SSSR count). The Hall–Kier alpha value is -2.28. The lowest BCUT2D eigenvalue weighted by Crippen LogP contribution is -2.49. The Labute approximate surface area is 151 Å². The fraction of sp³-hybridized carbons (Fsp3) is 0.389. The van der Waals surface area contributed by atoms with Crippen molar-refractivity contribution in [3.05, 3.63) is 34.7 Å². The van der Waals surface area contributed by atoms with E-state index in [-0.39, 0.29) is 11.8 Å². The summed E-state index contributed by atoms with van der Waals surface area (Å²) in [6.45, 7) is 6.80. The van der Waals surface area contributed by atoms with Crippen LogP contribution in [0.3, 0.4) is 0 Å². The van der Waals surface area contributed by atoms with E-state index in [4.69, 9.17) is 4.74 Å². The number of amidine groups is 1. The van der Waals surface area contributed by atoms with E-state index in [1.165, 1.54) is 11.8 Å². The van der Waals surface area contributed by atoms with Crippen molar-refractivity contribution >= 4 is 34.8 Å². The lowest BCUT2D eigenvalue weighted by Gasteiger charge is -2.34. The second-order valence-corrected chi connectivity index (χ2v) is 6.78. The zero-order chi connectivity index (χ0) is 17.8. The number of piperazine rings is 1. The molecule has 0 aromatic heterocycles. The molecule has 1 fully saturated rings. The van der Waals surface area contributed by atoms with Crippen molar-refractivity contribution in [1.82, 2.24) is 9.80 Å². The minimum Gasteiger partial charge on any atom is -0.493 e. The molecule has 0 aliphatic carbocycles. The van der Waals surface area contributed by atoms with E-state index in [0.717, 1.165) is 11.3 Å². The first kappa shape index (κ1) is 17.5. The van der Waals surface area contributed by atoms with E-state index in [9.17, 15) is 9.59 Å². The van der Waals surface area contributed by atoms with E-state index in [0.29, 0.717) is 42.9 Å². The molecule has 0 radical (unpaired) electrons. The molecule has 1 aromatic rings. The van der Waals surface area contributed by atoms with E-state index in [2.05, 4.69) is 9.89 Å². The van der Waals surface area contributed by atoms with Gasteiger partial charge in [-0.2, -0.15) is 4.99 Å². The largest absolute Gasteiger partial charge is 0.493 e. The van der Waals surface area contributed by atoms with Crippen LogP contribution in [0.2, 0.25) is 0 Å². The Bertz CT molecular complexity index is 737. The summed E-state index contributed by atoms with van der Waals surface area (Å²) in [5.74, 6) is 0.625. The molecule has 0 N–H and O–H groups in total. The third-order valence-corrected chi connectivity index (χ3v) is 5.15. The summed E-state index contributed by atoms with van der Waals surface area (Å²) in [5, 5.41) is 0.716. The summed E-state index contributed by atoms with van der Waals surface area (Å²) in [6.07, 6.45) is 1.83. The molecule has 132 valence electrons. The van der Waals surface area contributed by atoms with Crippen LogP contribution < -0.4 is 4.74 Å². The topological polar surface area (TPSA) is 62.2 Å². The highest BCUT2D eigenvalue weighted by atomic mass is 32.2. The number of aliphatic imine (C=N–C) groups is 1.